The number of nitrogens with zero attached hydrogens (tertiary/aromatic N) is 1. The van der Waals surface area contributed by atoms with Gasteiger partial charge in [0, 0.05) is 12.6 Å². The van der Waals surface area contributed by atoms with Gasteiger partial charge in [-0.2, -0.15) is 0 Å². The van der Waals surface area contributed by atoms with E-state index < -0.39 is 10.0 Å². The van der Waals surface area contributed by atoms with E-state index in [9.17, 15) is 13.2 Å². The number of ether oxygens (including phenoxy) is 1. The molecule has 0 saturated heterocycles. The number of benzene rings is 2. The Balaban J connectivity index is 2.32. The molecule has 27 heavy (non-hydrogen) atoms. The fourth-order valence-corrected chi connectivity index (χ4v) is 3.92. The summed E-state index contributed by atoms with van der Waals surface area (Å²) in [5, 5.41) is 2.79. The van der Waals surface area contributed by atoms with Crippen molar-refractivity contribution in [2.24, 2.45) is 5.92 Å². The van der Waals surface area contributed by atoms with Gasteiger partial charge in [-0.15, -0.1) is 0 Å². The van der Waals surface area contributed by atoms with Gasteiger partial charge in [0.05, 0.1) is 17.7 Å². The molecule has 1 N–H and O–H groups in total. The minimum absolute atomic E-state index is 0.128. The number of sulfonamides is 1. The van der Waals surface area contributed by atoms with Gasteiger partial charge in [0.15, 0.2) is 0 Å². The van der Waals surface area contributed by atoms with Crippen LogP contribution in [0, 0.1) is 5.92 Å². The largest absolute Gasteiger partial charge is 0.497 e. The molecule has 0 aliphatic rings. The van der Waals surface area contributed by atoms with Gasteiger partial charge in [0.1, 0.15) is 12.3 Å². The van der Waals surface area contributed by atoms with Crippen LogP contribution in [0.25, 0.3) is 0 Å². The first-order valence-electron chi connectivity index (χ1n) is 8.83. The molecule has 0 aliphatic heterocycles. The molecule has 0 atom stereocenters. The second-order valence-electron chi connectivity index (χ2n) is 6.56. The van der Waals surface area contributed by atoms with Crippen LogP contribution in [0.4, 0.5) is 5.69 Å². The normalized spacial score (nSPS) is 11.3. The Labute approximate surface area is 161 Å². The van der Waals surface area contributed by atoms with Gasteiger partial charge in [0.2, 0.25) is 5.91 Å². The summed E-state index contributed by atoms with van der Waals surface area (Å²) in [5.41, 5.74) is 0.372. The molecular weight excluding hydrogens is 364 g/mol. The minimum Gasteiger partial charge on any atom is -0.497 e. The number of amides is 1. The lowest BCUT2D eigenvalue weighted by Crippen LogP contribution is -2.41. The first-order valence-corrected chi connectivity index (χ1v) is 10.3. The van der Waals surface area contributed by atoms with E-state index in [4.69, 9.17) is 4.74 Å². The van der Waals surface area contributed by atoms with Crippen LogP contribution in [0.5, 0.6) is 5.75 Å². The Kier molecular flexibility index (Phi) is 7.24. The second kappa shape index (κ2) is 9.41. The van der Waals surface area contributed by atoms with Crippen molar-refractivity contribution in [1.29, 1.82) is 0 Å². The number of carbonyl (C=O) groups excluding carboxylic acids is 1. The summed E-state index contributed by atoms with van der Waals surface area (Å²) in [6.45, 7) is 4.33. The SMILES string of the molecule is COc1cccc(N(CC(=O)NCCC(C)C)S(=O)(=O)c2ccccc2)c1. The van der Waals surface area contributed by atoms with Gasteiger partial charge < -0.3 is 10.1 Å². The molecule has 2 aromatic carbocycles. The van der Waals surface area contributed by atoms with Crippen LogP contribution in [0.15, 0.2) is 59.5 Å². The molecule has 2 aromatic rings. The van der Waals surface area contributed by atoms with Crippen molar-refractivity contribution in [1.82, 2.24) is 5.32 Å². The standard InChI is InChI=1S/C20H26N2O4S/c1-16(2)12-13-21-20(23)15-22(17-8-7-9-18(14-17)26-3)27(24,25)19-10-5-4-6-11-19/h4-11,14,16H,12-13,15H2,1-3H3,(H,21,23). The summed E-state index contributed by atoms with van der Waals surface area (Å²) in [4.78, 5) is 12.5. The number of anilines is 1. The van der Waals surface area contributed by atoms with Crippen LogP contribution in [0.3, 0.4) is 0 Å². The third-order valence-corrected chi connectivity index (χ3v) is 5.79. The molecule has 2 rings (SSSR count). The summed E-state index contributed by atoms with van der Waals surface area (Å²) in [6, 6.07) is 14.7. The summed E-state index contributed by atoms with van der Waals surface area (Å²) in [7, 11) is -2.39. The molecular formula is C20H26N2O4S. The third kappa shape index (κ3) is 5.72. The fraction of sp³-hybridized carbons (Fsp3) is 0.350. The zero-order valence-electron chi connectivity index (χ0n) is 15.9. The van der Waals surface area contributed by atoms with Crippen molar-refractivity contribution in [3.05, 3.63) is 54.6 Å². The molecule has 7 heteroatoms. The van der Waals surface area contributed by atoms with Crippen molar-refractivity contribution >= 4 is 21.6 Å². The van der Waals surface area contributed by atoms with E-state index in [-0.39, 0.29) is 17.3 Å². The lowest BCUT2D eigenvalue weighted by Gasteiger charge is -2.24. The van der Waals surface area contributed by atoms with E-state index in [0.717, 1.165) is 10.7 Å². The predicted octanol–water partition coefficient (Wildman–Crippen LogP) is 3.05. The zero-order chi connectivity index (χ0) is 19.9. The Morgan fingerprint density at radius 3 is 2.44 bits per heavy atom. The molecule has 0 radical (unpaired) electrons. The number of methoxy groups -OCH3 is 1. The van der Waals surface area contributed by atoms with Crippen LogP contribution < -0.4 is 14.4 Å². The maximum Gasteiger partial charge on any atom is 0.264 e. The average Bonchev–Trinajstić information content (AvgIpc) is 2.66. The Morgan fingerprint density at radius 1 is 1.11 bits per heavy atom. The Morgan fingerprint density at radius 2 is 1.81 bits per heavy atom. The topological polar surface area (TPSA) is 75.7 Å². The van der Waals surface area contributed by atoms with E-state index in [1.165, 1.54) is 19.2 Å². The number of rotatable bonds is 9. The first-order chi connectivity index (χ1) is 12.8. The number of nitrogens with one attached hydrogen (secondary N) is 1. The van der Waals surface area contributed by atoms with Crippen LogP contribution in [-0.4, -0.2) is 34.5 Å². The monoisotopic (exact) mass is 390 g/mol. The summed E-state index contributed by atoms with van der Waals surface area (Å²) in [5.74, 6) is 0.617. The van der Waals surface area contributed by atoms with Crippen LogP contribution in [0.2, 0.25) is 0 Å². The lowest BCUT2D eigenvalue weighted by atomic mass is 10.1. The van der Waals surface area contributed by atoms with Crippen molar-refractivity contribution in [3.63, 3.8) is 0 Å². The zero-order valence-corrected chi connectivity index (χ0v) is 16.7. The fourth-order valence-electron chi connectivity index (χ4n) is 2.49. The molecule has 0 bridgehead atoms. The third-order valence-electron chi connectivity index (χ3n) is 4.00. The van der Waals surface area contributed by atoms with Crippen molar-refractivity contribution in [2.45, 2.75) is 25.2 Å². The van der Waals surface area contributed by atoms with Crippen LogP contribution in [0.1, 0.15) is 20.3 Å². The molecule has 146 valence electrons. The van der Waals surface area contributed by atoms with Gasteiger partial charge in [0.25, 0.3) is 10.0 Å². The summed E-state index contributed by atoms with van der Waals surface area (Å²) >= 11 is 0. The van der Waals surface area contributed by atoms with Crippen molar-refractivity contribution < 1.29 is 17.9 Å². The molecule has 0 aromatic heterocycles. The highest BCUT2D eigenvalue weighted by Crippen LogP contribution is 2.26. The summed E-state index contributed by atoms with van der Waals surface area (Å²) < 4.78 is 32.6. The maximum absolute atomic E-state index is 13.2. The molecule has 0 spiro atoms. The predicted molar refractivity (Wildman–Crippen MR) is 106 cm³/mol. The molecule has 0 unspecified atom stereocenters. The molecule has 0 aliphatic carbocycles. The quantitative estimate of drug-likeness (QED) is 0.714. The smallest absolute Gasteiger partial charge is 0.264 e. The highest BCUT2D eigenvalue weighted by atomic mass is 32.2. The Bertz CT molecular complexity index is 851. The first kappa shape index (κ1) is 20.8. The van der Waals surface area contributed by atoms with E-state index in [1.807, 2.05) is 0 Å². The van der Waals surface area contributed by atoms with Gasteiger partial charge in [-0.25, -0.2) is 8.42 Å². The van der Waals surface area contributed by atoms with Gasteiger partial charge in [-0.1, -0.05) is 38.1 Å². The van der Waals surface area contributed by atoms with E-state index >= 15 is 0 Å². The molecule has 6 nitrogen and oxygen atoms in total. The van der Waals surface area contributed by atoms with Crippen LogP contribution >= 0.6 is 0 Å². The van der Waals surface area contributed by atoms with Crippen LogP contribution in [-0.2, 0) is 14.8 Å². The summed E-state index contributed by atoms with van der Waals surface area (Å²) in [6.07, 6.45) is 0.830. The van der Waals surface area contributed by atoms with Crippen molar-refractivity contribution in [3.8, 4) is 5.75 Å². The molecule has 0 fully saturated rings. The van der Waals surface area contributed by atoms with E-state index in [1.54, 1.807) is 42.5 Å². The lowest BCUT2D eigenvalue weighted by molar-refractivity contribution is -0.119. The number of hydrogen-bond acceptors (Lipinski definition) is 4. The van der Waals surface area contributed by atoms with Gasteiger partial charge in [-0.05, 0) is 36.6 Å². The number of hydrogen-bond donors (Lipinski definition) is 1. The highest BCUT2D eigenvalue weighted by Gasteiger charge is 2.27. The Hall–Kier alpha value is -2.54. The van der Waals surface area contributed by atoms with Gasteiger partial charge in [-0.3, -0.25) is 9.10 Å². The van der Waals surface area contributed by atoms with Crippen molar-refractivity contribution in [2.75, 3.05) is 24.5 Å². The maximum atomic E-state index is 13.2. The molecule has 0 saturated carbocycles. The highest BCUT2D eigenvalue weighted by molar-refractivity contribution is 7.92. The molecule has 0 heterocycles. The molecule has 1 amide bonds. The van der Waals surface area contributed by atoms with Gasteiger partial charge >= 0.3 is 0 Å². The average molecular weight is 391 g/mol. The van der Waals surface area contributed by atoms with E-state index in [0.29, 0.717) is 23.9 Å². The van der Waals surface area contributed by atoms with E-state index in [2.05, 4.69) is 19.2 Å². The number of carbonyl (C=O) groups is 1. The minimum atomic E-state index is -3.90. The second-order valence-corrected chi connectivity index (χ2v) is 8.42.